The Morgan fingerprint density at radius 1 is 1.14 bits per heavy atom. The van der Waals surface area contributed by atoms with Crippen molar-refractivity contribution in [1.29, 1.82) is 0 Å². The molecule has 0 heteroatoms. The molecular formula is C14H22. The van der Waals surface area contributed by atoms with E-state index in [1.165, 1.54) is 18.4 Å². The lowest BCUT2D eigenvalue weighted by atomic mass is 10.1. The van der Waals surface area contributed by atoms with Crippen LogP contribution in [0.25, 0.3) is 0 Å². The average Bonchev–Trinajstić information content (AvgIpc) is 2.18. The van der Waals surface area contributed by atoms with E-state index < -0.39 is 0 Å². The molecular weight excluding hydrogens is 168 g/mol. The minimum absolute atomic E-state index is 1.12. The number of allylic oxidation sites excluding steroid dienone is 7. The summed E-state index contributed by atoms with van der Waals surface area (Å²) in [5.41, 5.74) is 1.50. The Labute approximate surface area is 88.7 Å². The Balaban J connectivity index is 3.55. The first-order chi connectivity index (χ1) is 6.81. The van der Waals surface area contributed by atoms with Crippen molar-refractivity contribution in [2.75, 3.05) is 0 Å². The largest absolute Gasteiger partial charge is 0.0991 e. The molecule has 0 saturated carbocycles. The molecule has 0 unspecified atom stereocenters. The minimum atomic E-state index is 1.12. The molecule has 0 radical (unpaired) electrons. The predicted molar refractivity (Wildman–Crippen MR) is 66.4 cm³/mol. The van der Waals surface area contributed by atoms with Gasteiger partial charge in [0.2, 0.25) is 0 Å². The highest BCUT2D eigenvalue weighted by Gasteiger charge is 1.86. The summed E-state index contributed by atoms with van der Waals surface area (Å²) >= 11 is 0. The van der Waals surface area contributed by atoms with Gasteiger partial charge in [-0.05, 0) is 39.5 Å². The summed E-state index contributed by atoms with van der Waals surface area (Å²) in [7, 11) is 0. The monoisotopic (exact) mass is 190 g/mol. The molecule has 0 bridgehead atoms. The minimum Gasteiger partial charge on any atom is -0.0991 e. The molecule has 0 spiro atoms. The van der Waals surface area contributed by atoms with Crippen LogP contribution in [-0.4, -0.2) is 0 Å². The van der Waals surface area contributed by atoms with Crippen molar-refractivity contribution in [3.05, 3.63) is 48.6 Å². The van der Waals surface area contributed by atoms with Gasteiger partial charge in [-0.2, -0.15) is 0 Å². The third-order valence-corrected chi connectivity index (χ3v) is 2.04. The molecule has 0 fully saturated rings. The molecule has 0 rings (SSSR count). The van der Waals surface area contributed by atoms with Crippen LogP contribution in [0.1, 0.15) is 39.5 Å². The van der Waals surface area contributed by atoms with Crippen molar-refractivity contribution in [2.24, 2.45) is 0 Å². The number of hydrogen-bond acceptors (Lipinski definition) is 0. The molecule has 0 aliphatic rings. The third kappa shape index (κ3) is 9.05. The Morgan fingerprint density at radius 2 is 1.93 bits per heavy atom. The van der Waals surface area contributed by atoms with E-state index in [4.69, 9.17) is 0 Å². The van der Waals surface area contributed by atoms with Gasteiger partial charge >= 0.3 is 0 Å². The van der Waals surface area contributed by atoms with Crippen LogP contribution in [0.4, 0.5) is 0 Å². The summed E-state index contributed by atoms with van der Waals surface area (Å²) < 4.78 is 0. The first kappa shape index (κ1) is 13.0. The normalized spacial score (nSPS) is 12.9. The zero-order valence-electron chi connectivity index (χ0n) is 9.50. The van der Waals surface area contributed by atoms with Gasteiger partial charge in [0.15, 0.2) is 0 Å². The highest BCUT2D eigenvalue weighted by molar-refractivity contribution is 5.02. The van der Waals surface area contributed by atoms with E-state index >= 15 is 0 Å². The molecule has 0 nitrogen and oxygen atoms in total. The molecule has 78 valence electrons. The maximum Gasteiger partial charge on any atom is -0.0288 e. The van der Waals surface area contributed by atoms with Crippen LogP contribution in [-0.2, 0) is 0 Å². The summed E-state index contributed by atoms with van der Waals surface area (Å²) in [6, 6.07) is 0. The van der Waals surface area contributed by atoms with Crippen molar-refractivity contribution in [3.63, 3.8) is 0 Å². The van der Waals surface area contributed by atoms with Crippen LogP contribution in [0.15, 0.2) is 48.6 Å². The van der Waals surface area contributed by atoms with E-state index in [2.05, 4.69) is 44.7 Å². The van der Waals surface area contributed by atoms with Crippen molar-refractivity contribution in [2.45, 2.75) is 39.5 Å². The molecule has 0 aliphatic carbocycles. The third-order valence-electron chi connectivity index (χ3n) is 2.04. The van der Waals surface area contributed by atoms with Gasteiger partial charge in [-0.3, -0.25) is 0 Å². The van der Waals surface area contributed by atoms with Crippen LogP contribution >= 0.6 is 0 Å². The van der Waals surface area contributed by atoms with Crippen molar-refractivity contribution in [3.8, 4) is 0 Å². The Kier molecular flexibility index (Phi) is 9.30. The van der Waals surface area contributed by atoms with Gasteiger partial charge in [-0.1, -0.05) is 48.6 Å². The summed E-state index contributed by atoms with van der Waals surface area (Å²) in [6.45, 7) is 7.91. The maximum atomic E-state index is 3.63. The number of hydrogen-bond donors (Lipinski definition) is 0. The fourth-order valence-corrected chi connectivity index (χ4v) is 1.20. The topological polar surface area (TPSA) is 0 Å². The smallest absolute Gasteiger partial charge is 0.0288 e. The molecule has 0 amide bonds. The molecule has 0 saturated heterocycles. The van der Waals surface area contributed by atoms with E-state index in [9.17, 15) is 0 Å². The van der Waals surface area contributed by atoms with Crippen molar-refractivity contribution < 1.29 is 0 Å². The summed E-state index contributed by atoms with van der Waals surface area (Å²) in [6.07, 6.45) is 17.3. The highest BCUT2D eigenvalue weighted by Crippen LogP contribution is 2.07. The fraction of sp³-hybridized carbons (Fsp3) is 0.429. The second kappa shape index (κ2) is 10.0. The molecule has 0 aromatic carbocycles. The second-order valence-electron chi connectivity index (χ2n) is 3.40. The molecule has 0 aliphatic heterocycles. The quantitative estimate of drug-likeness (QED) is 0.307. The first-order valence-electron chi connectivity index (χ1n) is 5.35. The Hall–Kier alpha value is -1.04. The van der Waals surface area contributed by atoms with Gasteiger partial charge in [0.1, 0.15) is 0 Å². The molecule has 0 N–H and O–H groups in total. The molecule has 14 heavy (non-hydrogen) atoms. The summed E-state index contributed by atoms with van der Waals surface area (Å²) in [4.78, 5) is 0. The standard InChI is InChI=1S/C14H22/c1-4-6-8-9-11-13-14(3)12-10-7-5-2/h4-8,13H,1,9-12H2,2-3H3. The maximum absolute atomic E-state index is 3.63. The fourth-order valence-electron chi connectivity index (χ4n) is 1.20. The lowest BCUT2D eigenvalue weighted by molar-refractivity contribution is 0.942. The molecule has 0 heterocycles. The summed E-state index contributed by atoms with van der Waals surface area (Å²) in [5.74, 6) is 0. The van der Waals surface area contributed by atoms with Gasteiger partial charge in [-0.25, -0.2) is 0 Å². The number of rotatable bonds is 7. The van der Waals surface area contributed by atoms with E-state index in [1.54, 1.807) is 0 Å². The van der Waals surface area contributed by atoms with Crippen molar-refractivity contribution in [1.82, 2.24) is 0 Å². The van der Waals surface area contributed by atoms with E-state index in [-0.39, 0.29) is 0 Å². The number of unbranched alkanes of at least 4 members (excludes halogenated alkanes) is 1. The zero-order chi connectivity index (χ0) is 10.6. The van der Waals surface area contributed by atoms with Crippen LogP contribution in [0.2, 0.25) is 0 Å². The predicted octanol–water partition coefficient (Wildman–Crippen LogP) is 4.81. The Morgan fingerprint density at radius 3 is 2.57 bits per heavy atom. The van der Waals surface area contributed by atoms with Gasteiger partial charge < -0.3 is 0 Å². The van der Waals surface area contributed by atoms with E-state index in [0.29, 0.717) is 0 Å². The first-order valence-corrected chi connectivity index (χ1v) is 5.35. The zero-order valence-corrected chi connectivity index (χ0v) is 9.50. The van der Waals surface area contributed by atoms with Gasteiger partial charge in [-0.15, -0.1) is 0 Å². The molecule has 0 aromatic heterocycles. The van der Waals surface area contributed by atoms with Gasteiger partial charge in [0.05, 0.1) is 0 Å². The van der Waals surface area contributed by atoms with Crippen molar-refractivity contribution >= 4 is 0 Å². The van der Waals surface area contributed by atoms with E-state index in [1.807, 2.05) is 12.2 Å². The lowest BCUT2D eigenvalue weighted by Gasteiger charge is -1.96. The highest BCUT2D eigenvalue weighted by atomic mass is 13.9. The van der Waals surface area contributed by atoms with Crippen LogP contribution in [0.5, 0.6) is 0 Å². The molecule has 0 aromatic rings. The summed E-state index contributed by atoms with van der Waals surface area (Å²) in [5, 5.41) is 0. The van der Waals surface area contributed by atoms with Crippen LogP contribution in [0, 0.1) is 0 Å². The van der Waals surface area contributed by atoms with E-state index in [0.717, 1.165) is 12.8 Å². The van der Waals surface area contributed by atoms with Gasteiger partial charge in [0, 0.05) is 0 Å². The van der Waals surface area contributed by atoms with Crippen LogP contribution in [0.3, 0.4) is 0 Å². The average molecular weight is 190 g/mol. The second-order valence-corrected chi connectivity index (χ2v) is 3.40. The van der Waals surface area contributed by atoms with Crippen LogP contribution < -0.4 is 0 Å². The lowest BCUT2D eigenvalue weighted by Crippen LogP contribution is -1.76. The Bertz CT molecular complexity index is 216. The molecule has 0 atom stereocenters. The SMILES string of the molecule is C=CC=CCCC=C(C)CCC=CC. The van der Waals surface area contributed by atoms with Gasteiger partial charge in [0.25, 0.3) is 0 Å².